The number of hydrogen-bond acceptors (Lipinski definition) is 5. The number of anilines is 1. The Morgan fingerprint density at radius 2 is 2.37 bits per heavy atom. The van der Waals surface area contributed by atoms with Crippen LogP contribution in [0.2, 0.25) is 0 Å². The number of fused-ring (bicyclic) bond motifs is 1. The fraction of sp³-hybridized carbons (Fsp3) is 0.417. The molecular formula is C12H14N4O3. The zero-order valence-corrected chi connectivity index (χ0v) is 10.2. The number of nitrogens with one attached hydrogen (secondary N) is 2. The van der Waals surface area contributed by atoms with Gasteiger partial charge < -0.3 is 15.4 Å². The second kappa shape index (κ2) is 4.51. The number of H-pyrrole nitrogens is 1. The van der Waals surface area contributed by atoms with E-state index < -0.39 is 4.92 Å². The first-order chi connectivity index (χ1) is 9.13. The van der Waals surface area contributed by atoms with Crippen molar-refractivity contribution >= 4 is 22.7 Å². The highest BCUT2D eigenvalue weighted by Gasteiger charge is 2.29. The van der Waals surface area contributed by atoms with E-state index in [0.717, 1.165) is 12.8 Å². The van der Waals surface area contributed by atoms with E-state index >= 15 is 0 Å². The first-order valence-corrected chi connectivity index (χ1v) is 6.19. The van der Waals surface area contributed by atoms with Crippen LogP contribution in [-0.4, -0.2) is 32.6 Å². The fourth-order valence-electron chi connectivity index (χ4n) is 2.04. The summed E-state index contributed by atoms with van der Waals surface area (Å²) in [6, 6.07) is 4.48. The number of nitro groups is 1. The molecule has 0 aliphatic heterocycles. The molecule has 2 aromatic rings. The van der Waals surface area contributed by atoms with Crippen molar-refractivity contribution in [1.82, 2.24) is 9.97 Å². The van der Waals surface area contributed by atoms with Crippen molar-refractivity contribution in [1.29, 1.82) is 0 Å². The van der Waals surface area contributed by atoms with E-state index in [4.69, 9.17) is 0 Å². The van der Waals surface area contributed by atoms with Gasteiger partial charge in [-0.1, -0.05) is 0 Å². The summed E-state index contributed by atoms with van der Waals surface area (Å²) in [4.78, 5) is 17.5. The van der Waals surface area contributed by atoms with Gasteiger partial charge >= 0.3 is 0 Å². The van der Waals surface area contributed by atoms with E-state index in [1.807, 2.05) is 0 Å². The number of rotatable bonds is 5. The van der Waals surface area contributed by atoms with Gasteiger partial charge in [-0.15, -0.1) is 0 Å². The molecule has 3 N–H and O–H groups in total. The predicted molar refractivity (Wildman–Crippen MR) is 70.0 cm³/mol. The monoisotopic (exact) mass is 262 g/mol. The van der Waals surface area contributed by atoms with Crippen molar-refractivity contribution in [3.8, 4) is 0 Å². The highest BCUT2D eigenvalue weighted by molar-refractivity contribution is 5.79. The molecule has 0 radical (unpaired) electrons. The maximum absolute atomic E-state index is 10.7. The standard InChI is InChI=1S/C12H14N4O3/c17-11(7-1-2-7)6-13-12-14-9-4-3-8(16(18)19)5-10(9)15-12/h3-5,7,11,17H,1-2,6H2,(H2,13,14,15). The quantitative estimate of drug-likeness (QED) is 0.561. The molecule has 0 bridgehead atoms. The summed E-state index contributed by atoms with van der Waals surface area (Å²) in [6.07, 6.45) is 1.80. The van der Waals surface area contributed by atoms with Crippen molar-refractivity contribution in [2.75, 3.05) is 11.9 Å². The van der Waals surface area contributed by atoms with Crippen molar-refractivity contribution in [2.45, 2.75) is 18.9 Å². The Hall–Kier alpha value is -2.15. The van der Waals surface area contributed by atoms with E-state index in [-0.39, 0.29) is 11.8 Å². The molecule has 1 unspecified atom stereocenters. The van der Waals surface area contributed by atoms with Gasteiger partial charge in [0.05, 0.1) is 22.1 Å². The molecule has 1 aliphatic rings. The Labute approximate surface area is 108 Å². The molecule has 100 valence electrons. The van der Waals surface area contributed by atoms with Crippen molar-refractivity contribution in [3.63, 3.8) is 0 Å². The molecule has 1 atom stereocenters. The van der Waals surface area contributed by atoms with Crippen LogP contribution in [0.1, 0.15) is 12.8 Å². The second-order valence-corrected chi connectivity index (χ2v) is 4.83. The molecule has 0 spiro atoms. The molecule has 1 aromatic carbocycles. The summed E-state index contributed by atoms with van der Waals surface area (Å²) < 4.78 is 0. The molecule has 0 saturated heterocycles. The van der Waals surface area contributed by atoms with E-state index in [9.17, 15) is 15.2 Å². The van der Waals surface area contributed by atoms with E-state index in [2.05, 4.69) is 15.3 Å². The van der Waals surface area contributed by atoms with E-state index in [0.29, 0.717) is 29.4 Å². The second-order valence-electron chi connectivity index (χ2n) is 4.83. The summed E-state index contributed by atoms with van der Waals surface area (Å²) in [5.74, 6) is 0.924. The van der Waals surface area contributed by atoms with Gasteiger partial charge in [0.15, 0.2) is 0 Å². The SMILES string of the molecule is O=[N+]([O-])c1ccc2nc(NCC(O)C3CC3)[nH]c2c1. The van der Waals surface area contributed by atoms with Crippen LogP contribution in [-0.2, 0) is 0 Å². The molecule has 3 rings (SSSR count). The maximum Gasteiger partial charge on any atom is 0.271 e. The van der Waals surface area contributed by atoms with E-state index in [1.165, 1.54) is 12.1 Å². The number of non-ortho nitro benzene ring substituents is 1. The molecule has 1 aliphatic carbocycles. The highest BCUT2D eigenvalue weighted by Crippen LogP contribution is 2.32. The van der Waals surface area contributed by atoms with Gasteiger partial charge in [0.1, 0.15) is 0 Å². The van der Waals surface area contributed by atoms with Gasteiger partial charge in [-0.25, -0.2) is 4.98 Å². The van der Waals surface area contributed by atoms with Crippen LogP contribution in [0.15, 0.2) is 18.2 Å². The average Bonchev–Trinajstić information content (AvgIpc) is 3.15. The van der Waals surface area contributed by atoms with Crippen LogP contribution in [0.4, 0.5) is 11.6 Å². The molecule has 7 heteroatoms. The number of aromatic nitrogens is 2. The van der Waals surface area contributed by atoms with Crippen LogP contribution in [0.25, 0.3) is 11.0 Å². The molecule has 19 heavy (non-hydrogen) atoms. The third-order valence-corrected chi connectivity index (χ3v) is 3.32. The first kappa shape index (κ1) is 11.9. The largest absolute Gasteiger partial charge is 0.391 e. The molecule has 1 aromatic heterocycles. The first-order valence-electron chi connectivity index (χ1n) is 6.19. The Kier molecular flexibility index (Phi) is 2.83. The van der Waals surface area contributed by atoms with Gasteiger partial charge in [0.25, 0.3) is 5.69 Å². The lowest BCUT2D eigenvalue weighted by molar-refractivity contribution is -0.384. The molecule has 1 fully saturated rings. The van der Waals surface area contributed by atoms with E-state index in [1.54, 1.807) is 6.07 Å². The summed E-state index contributed by atoms with van der Waals surface area (Å²) in [7, 11) is 0. The third kappa shape index (κ3) is 2.50. The number of nitrogens with zero attached hydrogens (tertiary/aromatic N) is 2. The lowest BCUT2D eigenvalue weighted by Gasteiger charge is -2.08. The highest BCUT2D eigenvalue weighted by atomic mass is 16.6. The number of hydrogen-bond donors (Lipinski definition) is 3. The van der Waals surface area contributed by atoms with Gasteiger partial charge in [-0.05, 0) is 24.8 Å². The number of aliphatic hydroxyl groups is 1. The Morgan fingerprint density at radius 3 is 3.05 bits per heavy atom. The van der Waals surface area contributed by atoms with Crippen LogP contribution in [0.5, 0.6) is 0 Å². The smallest absolute Gasteiger partial charge is 0.271 e. The Bertz CT molecular complexity index is 620. The van der Waals surface area contributed by atoms with Crippen molar-refractivity contribution < 1.29 is 10.0 Å². The molecule has 1 saturated carbocycles. The molecule has 7 nitrogen and oxygen atoms in total. The number of nitro benzene ring substituents is 1. The Morgan fingerprint density at radius 1 is 1.58 bits per heavy atom. The molecular weight excluding hydrogens is 248 g/mol. The zero-order valence-electron chi connectivity index (χ0n) is 10.2. The summed E-state index contributed by atoms with van der Waals surface area (Å²) >= 11 is 0. The van der Waals surface area contributed by atoms with Crippen LogP contribution >= 0.6 is 0 Å². The summed E-state index contributed by atoms with van der Waals surface area (Å²) in [5.41, 5.74) is 1.30. The maximum atomic E-state index is 10.7. The topological polar surface area (TPSA) is 104 Å². The van der Waals surface area contributed by atoms with Gasteiger partial charge in [-0.2, -0.15) is 0 Å². The fourth-order valence-corrected chi connectivity index (χ4v) is 2.04. The lowest BCUT2D eigenvalue weighted by Crippen LogP contribution is -2.21. The number of benzene rings is 1. The average molecular weight is 262 g/mol. The molecule has 1 heterocycles. The number of aromatic amines is 1. The minimum Gasteiger partial charge on any atom is -0.391 e. The number of imidazole rings is 1. The normalized spacial score (nSPS) is 16.5. The zero-order chi connectivity index (χ0) is 13.4. The van der Waals surface area contributed by atoms with Crippen molar-refractivity contribution in [3.05, 3.63) is 28.3 Å². The van der Waals surface area contributed by atoms with Gasteiger partial charge in [0.2, 0.25) is 5.95 Å². The minimum atomic E-state index is -0.440. The molecule has 0 amide bonds. The van der Waals surface area contributed by atoms with Crippen LogP contribution in [0, 0.1) is 16.0 Å². The minimum absolute atomic E-state index is 0.0284. The lowest BCUT2D eigenvalue weighted by atomic mass is 10.2. The summed E-state index contributed by atoms with van der Waals surface area (Å²) in [6.45, 7) is 0.437. The Balaban J connectivity index is 1.75. The predicted octanol–water partition coefficient (Wildman–Crippen LogP) is 1.65. The third-order valence-electron chi connectivity index (χ3n) is 3.32. The van der Waals surface area contributed by atoms with Gasteiger partial charge in [0, 0.05) is 18.7 Å². The van der Waals surface area contributed by atoms with Crippen LogP contribution in [0.3, 0.4) is 0 Å². The van der Waals surface area contributed by atoms with Crippen LogP contribution < -0.4 is 5.32 Å². The van der Waals surface area contributed by atoms with Crippen molar-refractivity contribution in [2.24, 2.45) is 5.92 Å². The number of aliphatic hydroxyl groups excluding tert-OH is 1. The van der Waals surface area contributed by atoms with Gasteiger partial charge in [-0.3, -0.25) is 10.1 Å². The summed E-state index contributed by atoms with van der Waals surface area (Å²) in [5, 5.41) is 23.4.